The minimum absolute atomic E-state index is 0.132. The molecule has 3 rings (SSSR count). The highest BCUT2D eigenvalue weighted by atomic mass is 32.2. The van der Waals surface area contributed by atoms with E-state index in [1.165, 1.54) is 37.4 Å². The van der Waals surface area contributed by atoms with E-state index in [1.54, 1.807) is 38.1 Å². The Morgan fingerprint density at radius 2 is 1.62 bits per heavy atom. The van der Waals surface area contributed by atoms with Crippen molar-refractivity contribution in [3.63, 3.8) is 0 Å². The Kier molecular flexibility index (Phi) is 5.88. The van der Waals surface area contributed by atoms with E-state index in [2.05, 4.69) is 0 Å². The molecule has 0 aliphatic carbocycles. The van der Waals surface area contributed by atoms with Crippen molar-refractivity contribution in [3.05, 3.63) is 89.5 Å². The van der Waals surface area contributed by atoms with Gasteiger partial charge in [-0.05, 0) is 55.8 Å². The molecule has 3 aromatic carbocycles. The molecule has 1 atom stereocenters. The number of halogens is 2. The zero-order valence-corrected chi connectivity index (χ0v) is 17.1. The molecule has 7 heteroatoms. The lowest BCUT2D eigenvalue weighted by atomic mass is 10.1. The molecule has 0 saturated heterocycles. The second-order valence-electron chi connectivity index (χ2n) is 6.61. The molecular formula is C22H21F2NO3S. The molecule has 1 unspecified atom stereocenters. The largest absolute Gasteiger partial charge is 0.496 e. The van der Waals surface area contributed by atoms with Gasteiger partial charge in [0.2, 0.25) is 0 Å². The third-order valence-electron chi connectivity index (χ3n) is 4.69. The number of hydrogen-bond acceptors (Lipinski definition) is 3. The van der Waals surface area contributed by atoms with Gasteiger partial charge >= 0.3 is 0 Å². The maximum atomic E-state index is 14.0. The van der Waals surface area contributed by atoms with Crippen molar-refractivity contribution in [1.82, 2.24) is 0 Å². The Balaban J connectivity index is 2.25. The topological polar surface area (TPSA) is 46.6 Å². The van der Waals surface area contributed by atoms with Gasteiger partial charge in [-0.3, -0.25) is 4.31 Å². The van der Waals surface area contributed by atoms with Gasteiger partial charge in [0.25, 0.3) is 10.0 Å². The van der Waals surface area contributed by atoms with Crippen LogP contribution < -0.4 is 9.04 Å². The zero-order chi connectivity index (χ0) is 21.2. The second kappa shape index (κ2) is 8.21. The molecule has 0 aliphatic heterocycles. The predicted octanol–water partition coefficient (Wildman–Crippen LogP) is 5.24. The lowest BCUT2D eigenvalue weighted by molar-refractivity contribution is 0.407. The normalized spacial score (nSPS) is 12.4. The van der Waals surface area contributed by atoms with Crippen LogP contribution in [-0.4, -0.2) is 15.5 Å². The standard InChI is InChI=1S/C22H21F2NO3S/c1-15-11-12-18(24)14-22(15)29(26,27)25(19-8-6-7-17(23)13-19)16(2)20-9-4-5-10-21(20)28-3/h4-14,16H,1-3H3. The van der Waals surface area contributed by atoms with E-state index in [9.17, 15) is 17.2 Å². The summed E-state index contributed by atoms with van der Waals surface area (Å²) in [4.78, 5) is -0.177. The van der Waals surface area contributed by atoms with E-state index in [0.717, 1.165) is 16.4 Å². The number of rotatable bonds is 6. The van der Waals surface area contributed by atoms with Gasteiger partial charge in [-0.2, -0.15) is 0 Å². The molecule has 0 aromatic heterocycles. The molecular weight excluding hydrogens is 396 g/mol. The summed E-state index contributed by atoms with van der Waals surface area (Å²) in [6.07, 6.45) is 0. The van der Waals surface area contributed by atoms with Crippen LogP contribution in [0.5, 0.6) is 5.75 Å². The van der Waals surface area contributed by atoms with E-state index in [0.29, 0.717) is 16.9 Å². The maximum Gasteiger partial charge on any atom is 0.265 e. The van der Waals surface area contributed by atoms with Gasteiger partial charge < -0.3 is 4.74 Å². The van der Waals surface area contributed by atoms with Crippen LogP contribution in [0.3, 0.4) is 0 Å². The van der Waals surface area contributed by atoms with E-state index in [4.69, 9.17) is 4.74 Å². The molecule has 0 heterocycles. The van der Waals surface area contributed by atoms with E-state index >= 15 is 0 Å². The summed E-state index contributed by atoms with van der Waals surface area (Å²) in [6, 6.07) is 15.1. The fourth-order valence-electron chi connectivity index (χ4n) is 3.28. The summed E-state index contributed by atoms with van der Waals surface area (Å²) < 4.78 is 61.6. The van der Waals surface area contributed by atoms with Crippen molar-refractivity contribution >= 4 is 15.7 Å². The molecule has 0 N–H and O–H groups in total. The lowest BCUT2D eigenvalue weighted by Crippen LogP contribution is -2.34. The summed E-state index contributed by atoms with van der Waals surface area (Å²) in [5, 5.41) is 0. The fourth-order valence-corrected chi connectivity index (χ4v) is 5.15. The van der Waals surface area contributed by atoms with Crippen LogP contribution >= 0.6 is 0 Å². The van der Waals surface area contributed by atoms with Gasteiger partial charge in [0, 0.05) is 5.56 Å². The average molecular weight is 417 g/mol. The van der Waals surface area contributed by atoms with E-state index in [-0.39, 0.29) is 10.6 Å². The van der Waals surface area contributed by atoms with E-state index in [1.807, 2.05) is 0 Å². The Hall–Kier alpha value is -2.93. The quantitative estimate of drug-likeness (QED) is 0.551. The average Bonchev–Trinajstić information content (AvgIpc) is 2.69. The number of anilines is 1. The van der Waals surface area contributed by atoms with Crippen LogP contribution in [-0.2, 0) is 10.0 Å². The summed E-state index contributed by atoms with van der Waals surface area (Å²) in [7, 11) is -2.74. The van der Waals surface area contributed by atoms with Gasteiger partial charge in [0.15, 0.2) is 0 Å². The smallest absolute Gasteiger partial charge is 0.265 e. The third kappa shape index (κ3) is 4.10. The van der Waals surface area contributed by atoms with Gasteiger partial charge in [-0.25, -0.2) is 17.2 Å². The second-order valence-corrected chi connectivity index (χ2v) is 8.39. The minimum atomic E-state index is -4.23. The number of methoxy groups -OCH3 is 1. The van der Waals surface area contributed by atoms with Crippen molar-refractivity contribution in [2.45, 2.75) is 24.8 Å². The number of aryl methyl sites for hydroxylation is 1. The van der Waals surface area contributed by atoms with Gasteiger partial charge in [-0.15, -0.1) is 0 Å². The predicted molar refractivity (Wildman–Crippen MR) is 109 cm³/mol. The zero-order valence-electron chi connectivity index (χ0n) is 16.3. The number of hydrogen-bond donors (Lipinski definition) is 0. The Morgan fingerprint density at radius 1 is 0.931 bits per heavy atom. The number of benzene rings is 3. The molecule has 29 heavy (non-hydrogen) atoms. The highest BCUT2D eigenvalue weighted by Gasteiger charge is 2.33. The Morgan fingerprint density at radius 3 is 2.31 bits per heavy atom. The first-order valence-corrected chi connectivity index (χ1v) is 10.4. The van der Waals surface area contributed by atoms with Crippen molar-refractivity contribution in [2.75, 3.05) is 11.4 Å². The van der Waals surface area contributed by atoms with Crippen molar-refractivity contribution in [3.8, 4) is 5.75 Å². The number of para-hydroxylation sites is 1. The summed E-state index contributed by atoms with van der Waals surface area (Å²) in [5.74, 6) is -0.753. The number of ether oxygens (including phenoxy) is 1. The summed E-state index contributed by atoms with van der Waals surface area (Å²) >= 11 is 0. The minimum Gasteiger partial charge on any atom is -0.496 e. The van der Waals surface area contributed by atoms with Crippen LogP contribution in [0, 0.1) is 18.6 Å². The monoisotopic (exact) mass is 417 g/mol. The Bertz CT molecular complexity index is 1130. The fraction of sp³-hybridized carbons (Fsp3) is 0.182. The lowest BCUT2D eigenvalue weighted by Gasteiger charge is -2.32. The highest BCUT2D eigenvalue weighted by molar-refractivity contribution is 7.92. The van der Waals surface area contributed by atoms with Crippen LogP contribution in [0.1, 0.15) is 24.1 Å². The van der Waals surface area contributed by atoms with Crippen LogP contribution in [0.15, 0.2) is 71.6 Å². The molecule has 0 fully saturated rings. The third-order valence-corrected chi connectivity index (χ3v) is 6.73. The van der Waals surface area contributed by atoms with Crippen molar-refractivity contribution < 1.29 is 21.9 Å². The molecule has 152 valence electrons. The molecule has 0 aliphatic rings. The number of sulfonamides is 1. The van der Waals surface area contributed by atoms with Crippen molar-refractivity contribution in [2.24, 2.45) is 0 Å². The first kappa shape index (κ1) is 20.8. The SMILES string of the molecule is COc1ccccc1C(C)N(c1cccc(F)c1)S(=O)(=O)c1cc(F)ccc1C. The molecule has 0 saturated carbocycles. The van der Waals surface area contributed by atoms with Gasteiger partial charge in [0.1, 0.15) is 17.4 Å². The molecule has 0 radical (unpaired) electrons. The van der Waals surface area contributed by atoms with E-state index < -0.39 is 27.7 Å². The first-order valence-electron chi connectivity index (χ1n) is 8.94. The molecule has 3 aromatic rings. The molecule has 4 nitrogen and oxygen atoms in total. The molecule has 0 amide bonds. The number of nitrogens with zero attached hydrogens (tertiary/aromatic N) is 1. The highest BCUT2D eigenvalue weighted by Crippen LogP contribution is 2.37. The Labute approximate surface area is 169 Å². The van der Waals surface area contributed by atoms with Crippen LogP contribution in [0.25, 0.3) is 0 Å². The summed E-state index contributed by atoms with van der Waals surface area (Å²) in [5.41, 5.74) is 1.11. The molecule has 0 bridgehead atoms. The van der Waals surface area contributed by atoms with Crippen LogP contribution in [0.4, 0.5) is 14.5 Å². The molecule has 0 spiro atoms. The van der Waals surface area contributed by atoms with Gasteiger partial charge in [-0.1, -0.05) is 30.3 Å². The maximum absolute atomic E-state index is 14.0. The van der Waals surface area contributed by atoms with Crippen LogP contribution in [0.2, 0.25) is 0 Å². The van der Waals surface area contributed by atoms with Gasteiger partial charge in [0.05, 0.1) is 23.7 Å². The first-order chi connectivity index (χ1) is 13.8. The van der Waals surface area contributed by atoms with Crippen molar-refractivity contribution in [1.29, 1.82) is 0 Å². The summed E-state index contributed by atoms with van der Waals surface area (Å²) in [6.45, 7) is 3.26.